The second-order valence-corrected chi connectivity index (χ2v) is 4.97. The predicted molar refractivity (Wildman–Crippen MR) is 83.3 cm³/mol. The van der Waals surface area contributed by atoms with Gasteiger partial charge >= 0.3 is 6.01 Å². The molecular weight excluding hydrogens is 266 g/mol. The number of aromatic nitrogens is 3. The summed E-state index contributed by atoms with van der Waals surface area (Å²) in [5.41, 5.74) is 8.13. The highest BCUT2D eigenvalue weighted by molar-refractivity contribution is 5.36. The van der Waals surface area contributed by atoms with Crippen molar-refractivity contribution < 1.29 is 4.74 Å². The number of nitrogens with zero attached hydrogens (tertiary/aromatic N) is 4. The lowest BCUT2D eigenvalue weighted by atomic mass is 10.1. The Kier molecular flexibility index (Phi) is 4.92. The minimum atomic E-state index is 0.169. The Morgan fingerprint density at radius 3 is 2.76 bits per heavy atom. The highest BCUT2D eigenvalue weighted by Gasteiger charge is 2.10. The van der Waals surface area contributed by atoms with Gasteiger partial charge in [-0.2, -0.15) is 15.0 Å². The smallest absolute Gasteiger partial charge is 0.323 e. The zero-order valence-corrected chi connectivity index (χ0v) is 12.7. The summed E-state index contributed by atoms with van der Waals surface area (Å²) in [6.45, 7) is 5.35. The van der Waals surface area contributed by atoms with E-state index in [-0.39, 0.29) is 12.0 Å². The van der Waals surface area contributed by atoms with E-state index >= 15 is 0 Å². The first-order valence-electron chi connectivity index (χ1n) is 6.99. The van der Waals surface area contributed by atoms with Crippen LogP contribution in [0.4, 0.5) is 11.9 Å². The molecule has 21 heavy (non-hydrogen) atoms. The first-order chi connectivity index (χ1) is 10.1. The van der Waals surface area contributed by atoms with Crippen LogP contribution in [0.3, 0.4) is 0 Å². The van der Waals surface area contributed by atoms with Gasteiger partial charge in [-0.25, -0.2) is 0 Å². The van der Waals surface area contributed by atoms with Crippen molar-refractivity contribution >= 4 is 11.9 Å². The summed E-state index contributed by atoms with van der Waals surface area (Å²) in [7, 11) is 1.92. The van der Waals surface area contributed by atoms with Gasteiger partial charge in [-0.3, -0.25) is 0 Å². The van der Waals surface area contributed by atoms with Crippen molar-refractivity contribution in [2.45, 2.75) is 26.8 Å². The number of hydrogen-bond acceptors (Lipinski definition) is 6. The standard InChI is InChI=1S/C15H21N5O/c1-4-8-21-15-18-13(16)17-14(19-15)20(3)10-12-7-5-6-11(2)9-12/h5-7,9H,4,8,10H2,1-3H3,(H2,16,17,18,19). The van der Waals surface area contributed by atoms with E-state index in [0.717, 1.165) is 6.42 Å². The largest absolute Gasteiger partial charge is 0.463 e. The van der Waals surface area contributed by atoms with E-state index in [1.807, 2.05) is 24.9 Å². The van der Waals surface area contributed by atoms with Crippen molar-refractivity contribution in [1.82, 2.24) is 15.0 Å². The number of anilines is 2. The summed E-state index contributed by atoms with van der Waals surface area (Å²) in [6.07, 6.45) is 0.889. The summed E-state index contributed by atoms with van der Waals surface area (Å²) in [5.74, 6) is 0.678. The quantitative estimate of drug-likeness (QED) is 0.877. The number of hydrogen-bond donors (Lipinski definition) is 1. The van der Waals surface area contributed by atoms with E-state index in [9.17, 15) is 0 Å². The molecule has 0 bridgehead atoms. The van der Waals surface area contributed by atoms with Crippen molar-refractivity contribution in [3.05, 3.63) is 35.4 Å². The highest BCUT2D eigenvalue weighted by atomic mass is 16.5. The van der Waals surface area contributed by atoms with E-state index < -0.39 is 0 Å². The summed E-state index contributed by atoms with van der Waals surface area (Å²) in [5, 5.41) is 0. The first kappa shape index (κ1) is 15.0. The lowest BCUT2D eigenvalue weighted by Crippen LogP contribution is -2.20. The van der Waals surface area contributed by atoms with Gasteiger partial charge in [0, 0.05) is 13.6 Å². The molecule has 6 heteroatoms. The molecule has 1 aromatic carbocycles. The second kappa shape index (κ2) is 6.88. The molecule has 0 unspecified atom stereocenters. The molecule has 112 valence electrons. The number of aryl methyl sites for hydroxylation is 1. The lowest BCUT2D eigenvalue weighted by Gasteiger charge is -2.18. The van der Waals surface area contributed by atoms with Crippen molar-refractivity contribution in [3.63, 3.8) is 0 Å². The van der Waals surface area contributed by atoms with Crippen LogP contribution in [0.5, 0.6) is 6.01 Å². The normalized spacial score (nSPS) is 10.4. The molecule has 2 aromatic rings. The number of ether oxygens (including phenoxy) is 1. The monoisotopic (exact) mass is 287 g/mol. The molecule has 2 rings (SSSR count). The van der Waals surface area contributed by atoms with Crippen LogP contribution >= 0.6 is 0 Å². The molecule has 2 N–H and O–H groups in total. The van der Waals surface area contributed by atoms with Crippen LogP contribution in [-0.2, 0) is 6.54 Å². The maximum atomic E-state index is 5.72. The maximum absolute atomic E-state index is 5.72. The van der Waals surface area contributed by atoms with Gasteiger partial charge in [0.05, 0.1) is 6.61 Å². The third-order valence-electron chi connectivity index (χ3n) is 2.90. The molecule has 1 heterocycles. The van der Waals surface area contributed by atoms with Crippen molar-refractivity contribution in [1.29, 1.82) is 0 Å². The topological polar surface area (TPSA) is 77.2 Å². The summed E-state index contributed by atoms with van der Waals surface area (Å²) in [6, 6.07) is 8.59. The average Bonchev–Trinajstić information content (AvgIpc) is 2.44. The Bertz CT molecular complexity index is 602. The fourth-order valence-corrected chi connectivity index (χ4v) is 1.94. The van der Waals surface area contributed by atoms with Gasteiger partial charge < -0.3 is 15.4 Å². The number of nitrogens with two attached hydrogens (primary N) is 1. The van der Waals surface area contributed by atoms with E-state index in [1.165, 1.54) is 11.1 Å². The van der Waals surface area contributed by atoms with Gasteiger partial charge in [-0.05, 0) is 18.9 Å². The molecule has 0 aliphatic carbocycles. The predicted octanol–water partition coefficient (Wildman–Crippen LogP) is 2.19. The average molecular weight is 287 g/mol. The Morgan fingerprint density at radius 2 is 2.05 bits per heavy atom. The molecule has 0 radical (unpaired) electrons. The molecule has 0 fully saturated rings. The van der Waals surface area contributed by atoms with Crippen LogP contribution in [0.25, 0.3) is 0 Å². The number of nitrogen functional groups attached to an aromatic ring is 1. The van der Waals surface area contributed by atoms with Gasteiger partial charge in [-0.15, -0.1) is 0 Å². The molecule has 0 aliphatic heterocycles. The molecule has 1 aromatic heterocycles. The third-order valence-corrected chi connectivity index (χ3v) is 2.90. The van der Waals surface area contributed by atoms with Crippen LogP contribution in [0.15, 0.2) is 24.3 Å². The van der Waals surface area contributed by atoms with E-state index in [1.54, 1.807) is 0 Å². The third kappa shape index (κ3) is 4.30. The Morgan fingerprint density at radius 1 is 1.24 bits per heavy atom. The van der Waals surface area contributed by atoms with Crippen LogP contribution in [0, 0.1) is 6.92 Å². The number of rotatable bonds is 6. The molecule has 0 saturated carbocycles. The molecule has 0 spiro atoms. The lowest BCUT2D eigenvalue weighted by molar-refractivity contribution is 0.292. The van der Waals surface area contributed by atoms with Crippen molar-refractivity contribution in [2.75, 3.05) is 24.3 Å². The fraction of sp³-hybridized carbons (Fsp3) is 0.400. The molecule has 0 atom stereocenters. The zero-order chi connectivity index (χ0) is 15.2. The first-order valence-corrected chi connectivity index (χ1v) is 6.99. The second-order valence-electron chi connectivity index (χ2n) is 4.97. The summed E-state index contributed by atoms with van der Waals surface area (Å²) in [4.78, 5) is 14.4. The van der Waals surface area contributed by atoms with Crippen LogP contribution < -0.4 is 15.4 Å². The Labute approximate surface area is 125 Å². The van der Waals surface area contributed by atoms with Gasteiger partial charge in [0.25, 0.3) is 0 Å². The fourth-order valence-electron chi connectivity index (χ4n) is 1.94. The zero-order valence-electron chi connectivity index (χ0n) is 12.7. The van der Waals surface area contributed by atoms with Crippen LogP contribution in [0.1, 0.15) is 24.5 Å². The van der Waals surface area contributed by atoms with Gasteiger partial charge in [0.15, 0.2) is 0 Å². The van der Waals surface area contributed by atoms with Crippen LogP contribution in [0.2, 0.25) is 0 Å². The Hall–Kier alpha value is -2.37. The van der Waals surface area contributed by atoms with Crippen molar-refractivity contribution in [2.24, 2.45) is 0 Å². The minimum absolute atomic E-state index is 0.169. The van der Waals surface area contributed by atoms with E-state index in [2.05, 4.69) is 40.1 Å². The van der Waals surface area contributed by atoms with Crippen LogP contribution in [-0.4, -0.2) is 28.6 Å². The maximum Gasteiger partial charge on any atom is 0.323 e. The molecular formula is C15H21N5O. The van der Waals surface area contributed by atoms with Gasteiger partial charge in [-0.1, -0.05) is 36.8 Å². The molecule has 0 saturated heterocycles. The molecule has 0 amide bonds. The van der Waals surface area contributed by atoms with Crippen molar-refractivity contribution in [3.8, 4) is 6.01 Å². The number of benzene rings is 1. The van der Waals surface area contributed by atoms with E-state index in [0.29, 0.717) is 19.1 Å². The summed E-state index contributed by atoms with van der Waals surface area (Å²) >= 11 is 0. The van der Waals surface area contributed by atoms with Gasteiger partial charge in [0.2, 0.25) is 11.9 Å². The minimum Gasteiger partial charge on any atom is -0.463 e. The van der Waals surface area contributed by atoms with E-state index in [4.69, 9.17) is 10.5 Å². The summed E-state index contributed by atoms with van der Waals surface area (Å²) < 4.78 is 5.43. The Balaban J connectivity index is 2.14. The van der Waals surface area contributed by atoms with Gasteiger partial charge in [0.1, 0.15) is 0 Å². The molecule has 6 nitrogen and oxygen atoms in total. The SMILES string of the molecule is CCCOc1nc(N)nc(N(C)Cc2cccc(C)c2)n1. The molecule has 0 aliphatic rings. The highest BCUT2D eigenvalue weighted by Crippen LogP contribution is 2.15.